The molecule has 2 heterocycles. The van der Waals surface area contributed by atoms with E-state index in [1.54, 1.807) is 36.7 Å². The van der Waals surface area contributed by atoms with Crippen LogP contribution in [0.3, 0.4) is 0 Å². The number of carbonyl (C=O) groups excluding carboxylic acids is 2. The van der Waals surface area contributed by atoms with Gasteiger partial charge in [0.1, 0.15) is 5.82 Å². The third-order valence-corrected chi connectivity index (χ3v) is 6.58. The number of H-pyrrole nitrogens is 1. The molecule has 0 bridgehead atoms. The molecule has 1 fully saturated rings. The number of aromatic nitrogens is 3. The van der Waals surface area contributed by atoms with E-state index in [4.69, 9.17) is 0 Å². The average molecular weight is 468 g/mol. The van der Waals surface area contributed by atoms with Gasteiger partial charge in [-0.15, -0.1) is 0 Å². The maximum absolute atomic E-state index is 12.7. The first kappa shape index (κ1) is 22.8. The third kappa shape index (κ3) is 5.57. The van der Waals surface area contributed by atoms with E-state index in [1.165, 1.54) is 19.3 Å². The number of aromatic amines is 1. The fraction of sp³-hybridized carbons (Fsp3) is 0.286. The number of imidazole rings is 1. The minimum atomic E-state index is -0.196. The van der Waals surface area contributed by atoms with Gasteiger partial charge in [-0.1, -0.05) is 32.1 Å². The van der Waals surface area contributed by atoms with Crippen LogP contribution >= 0.6 is 0 Å². The molecule has 2 aromatic carbocycles. The highest BCUT2D eigenvalue weighted by Gasteiger charge is 2.19. The lowest BCUT2D eigenvalue weighted by Gasteiger charge is -2.19. The summed E-state index contributed by atoms with van der Waals surface area (Å²) in [5, 5.41) is 5.95. The van der Waals surface area contributed by atoms with Gasteiger partial charge in [-0.05, 0) is 67.4 Å². The summed E-state index contributed by atoms with van der Waals surface area (Å²) in [6.07, 6.45) is 11.2. The number of carbonyl (C=O) groups is 2. The van der Waals surface area contributed by atoms with Crippen LogP contribution in [0.15, 0.2) is 67.0 Å². The highest BCUT2D eigenvalue weighted by molar-refractivity contribution is 6.06. The topological polar surface area (TPSA) is 99.8 Å². The fourth-order valence-corrected chi connectivity index (χ4v) is 4.60. The van der Waals surface area contributed by atoms with Crippen molar-refractivity contribution < 1.29 is 9.59 Å². The summed E-state index contributed by atoms with van der Waals surface area (Å²) in [5.41, 5.74) is 4.50. The molecule has 2 amide bonds. The number of hydrogen-bond donors (Lipinski definition) is 3. The highest BCUT2D eigenvalue weighted by atomic mass is 16.2. The Bertz CT molecular complexity index is 1310. The SMILES string of the molecule is O=C(Nc1ccncc1)c1ccc2nc(-c3ccc(NC(=O)C4CCCCCCC4)cc3)[nH]c2c1. The average Bonchev–Trinajstić information content (AvgIpc) is 3.28. The van der Waals surface area contributed by atoms with Crippen molar-refractivity contribution in [2.45, 2.75) is 44.9 Å². The van der Waals surface area contributed by atoms with Gasteiger partial charge in [0.2, 0.25) is 5.91 Å². The van der Waals surface area contributed by atoms with E-state index in [9.17, 15) is 9.59 Å². The van der Waals surface area contributed by atoms with Crippen LogP contribution in [0.1, 0.15) is 55.3 Å². The predicted molar refractivity (Wildman–Crippen MR) is 138 cm³/mol. The first-order valence-corrected chi connectivity index (χ1v) is 12.3. The summed E-state index contributed by atoms with van der Waals surface area (Å²) in [6.45, 7) is 0. The molecule has 0 atom stereocenters. The fourth-order valence-electron chi connectivity index (χ4n) is 4.60. The Labute approximate surface area is 204 Å². The summed E-state index contributed by atoms with van der Waals surface area (Å²) in [6, 6.07) is 16.6. The smallest absolute Gasteiger partial charge is 0.255 e. The Morgan fingerprint density at radius 3 is 2.23 bits per heavy atom. The molecule has 0 unspecified atom stereocenters. The van der Waals surface area contributed by atoms with Crippen LogP contribution in [0.5, 0.6) is 0 Å². The maximum atomic E-state index is 12.7. The van der Waals surface area contributed by atoms with E-state index in [0.717, 1.165) is 48.0 Å². The Morgan fingerprint density at radius 2 is 1.49 bits per heavy atom. The van der Waals surface area contributed by atoms with E-state index in [-0.39, 0.29) is 17.7 Å². The van der Waals surface area contributed by atoms with Crippen molar-refractivity contribution >= 4 is 34.2 Å². The normalized spacial score (nSPS) is 14.7. The maximum Gasteiger partial charge on any atom is 0.255 e. The molecule has 3 N–H and O–H groups in total. The second kappa shape index (κ2) is 10.5. The van der Waals surface area contributed by atoms with Crippen molar-refractivity contribution in [1.29, 1.82) is 0 Å². The van der Waals surface area contributed by atoms with E-state index in [0.29, 0.717) is 17.1 Å². The molecule has 4 aromatic rings. The molecule has 0 aliphatic heterocycles. The third-order valence-electron chi connectivity index (χ3n) is 6.58. The number of nitrogens with one attached hydrogen (secondary N) is 3. The number of hydrogen-bond acceptors (Lipinski definition) is 4. The number of nitrogens with zero attached hydrogens (tertiary/aromatic N) is 2. The first-order chi connectivity index (χ1) is 17.2. The predicted octanol–water partition coefficient (Wildman–Crippen LogP) is 6.18. The van der Waals surface area contributed by atoms with Gasteiger partial charge in [0.15, 0.2) is 0 Å². The second-order valence-electron chi connectivity index (χ2n) is 9.12. The molecule has 0 spiro atoms. The highest BCUT2D eigenvalue weighted by Crippen LogP contribution is 2.26. The number of fused-ring (bicyclic) bond motifs is 1. The molecule has 178 valence electrons. The number of pyridine rings is 1. The molecule has 2 aromatic heterocycles. The zero-order valence-corrected chi connectivity index (χ0v) is 19.6. The molecule has 0 saturated heterocycles. The summed E-state index contributed by atoms with van der Waals surface area (Å²) in [4.78, 5) is 37.3. The van der Waals surface area contributed by atoms with Gasteiger partial charge in [0.05, 0.1) is 11.0 Å². The molecule has 0 radical (unpaired) electrons. The second-order valence-corrected chi connectivity index (χ2v) is 9.12. The van der Waals surface area contributed by atoms with Crippen LogP contribution < -0.4 is 10.6 Å². The van der Waals surface area contributed by atoms with Gasteiger partial charge < -0.3 is 15.6 Å². The zero-order valence-electron chi connectivity index (χ0n) is 19.6. The number of amides is 2. The van der Waals surface area contributed by atoms with Crippen molar-refractivity contribution in [3.05, 3.63) is 72.6 Å². The largest absolute Gasteiger partial charge is 0.338 e. The van der Waals surface area contributed by atoms with E-state index in [2.05, 4.69) is 25.6 Å². The van der Waals surface area contributed by atoms with Crippen LogP contribution in [0.2, 0.25) is 0 Å². The van der Waals surface area contributed by atoms with Gasteiger partial charge in [-0.3, -0.25) is 14.6 Å². The number of benzene rings is 2. The Hall–Kier alpha value is -4.00. The standard InChI is InChI=1S/C28H29N5O2/c34-27(20-6-4-2-1-3-5-7-20)30-22-11-8-19(9-12-22)26-32-24-13-10-21(18-25(24)33-26)28(35)31-23-14-16-29-17-15-23/h8-18,20H,1-7H2,(H,30,34)(H,32,33)(H,29,31,35). The van der Waals surface area contributed by atoms with Crippen LogP contribution in [0.4, 0.5) is 11.4 Å². The molecule has 7 nitrogen and oxygen atoms in total. The quantitative estimate of drug-likeness (QED) is 0.326. The number of anilines is 2. The van der Waals surface area contributed by atoms with E-state index < -0.39 is 0 Å². The summed E-state index contributed by atoms with van der Waals surface area (Å²) < 4.78 is 0. The molecule has 7 heteroatoms. The van der Waals surface area contributed by atoms with Gasteiger partial charge >= 0.3 is 0 Å². The van der Waals surface area contributed by atoms with Crippen molar-refractivity contribution in [3.8, 4) is 11.4 Å². The lowest BCUT2D eigenvalue weighted by molar-refractivity contribution is -0.120. The van der Waals surface area contributed by atoms with Crippen molar-refractivity contribution in [2.75, 3.05) is 10.6 Å². The summed E-state index contributed by atoms with van der Waals surface area (Å²) >= 11 is 0. The molecule has 35 heavy (non-hydrogen) atoms. The monoisotopic (exact) mass is 467 g/mol. The Kier molecular flexibility index (Phi) is 6.84. The van der Waals surface area contributed by atoms with E-state index >= 15 is 0 Å². The molecule has 1 aliphatic rings. The van der Waals surface area contributed by atoms with Crippen LogP contribution in [0, 0.1) is 5.92 Å². The lowest BCUT2D eigenvalue weighted by Crippen LogP contribution is -2.23. The van der Waals surface area contributed by atoms with Crippen LogP contribution in [-0.2, 0) is 4.79 Å². The molecular formula is C28H29N5O2. The van der Waals surface area contributed by atoms with Crippen molar-refractivity contribution in [3.63, 3.8) is 0 Å². The molecule has 1 aliphatic carbocycles. The van der Waals surface area contributed by atoms with Crippen LogP contribution in [0.25, 0.3) is 22.4 Å². The minimum absolute atomic E-state index is 0.107. The van der Waals surface area contributed by atoms with E-state index in [1.807, 2.05) is 30.3 Å². The van der Waals surface area contributed by atoms with Gasteiger partial charge in [0, 0.05) is 40.8 Å². The molecule has 1 saturated carbocycles. The van der Waals surface area contributed by atoms with Crippen LogP contribution in [-0.4, -0.2) is 26.8 Å². The molecule has 5 rings (SSSR count). The van der Waals surface area contributed by atoms with Crippen molar-refractivity contribution in [1.82, 2.24) is 15.0 Å². The first-order valence-electron chi connectivity index (χ1n) is 12.3. The van der Waals surface area contributed by atoms with Gasteiger partial charge in [-0.2, -0.15) is 0 Å². The molecular weight excluding hydrogens is 438 g/mol. The Balaban J connectivity index is 1.26. The Morgan fingerprint density at radius 1 is 0.800 bits per heavy atom. The van der Waals surface area contributed by atoms with Crippen molar-refractivity contribution in [2.24, 2.45) is 5.92 Å². The zero-order chi connectivity index (χ0) is 24.0. The van der Waals surface area contributed by atoms with Gasteiger partial charge in [0.25, 0.3) is 5.91 Å². The summed E-state index contributed by atoms with van der Waals surface area (Å²) in [7, 11) is 0. The van der Waals surface area contributed by atoms with Gasteiger partial charge in [-0.25, -0.2) is 4.98 Å². The summed E-state index contributed by atoms with van der Waals surface area (Å²) in [5.74, 6) is 0.750. The lowest BCUT2D eigenvalue weighted by atomic mass is 9.90. The number of rotatable bonds is 5. The minimum Gasteiger partial charge on any atom is -0.338 e.